The molecule has 0 radical (unpaired) electrons. The van der Waals surface area contributed by atoms with Gasteiger partial charge in [-0.15, -0.1) is 0 Å². The van der Waals surface area contributed by atoms with E-state index in [-0.39, 0.29) is 12.4 Å². The molecule has 1 rings (SSSR count). The molecule has 0 unspecified atom stereocenters. The van der Waals surface area contributed by atoms with E-state index in [1.165, 1.54) is 5.56 Å². The molecule has 0 N–H and O–H groups in total. The first-order valence-electron chi connectivity index (χ1n) is 2.39. The fourth-order valence-corrected chi connectivity index (χ4v) is 3.01. The van der Waals surface area contributed by atoms with Crippen LogP contribution in [0, 0.1) is 0 Å². The van der Waals surface area contributed by atoms with E-state index in [1.807, 2.05) is 0 Å². The SMILES string of the molecule is CCc1c[s+]sc1Cl.[Cl-]. The molecule has 0 nitrogen and oxygen atoms in total. The van der Waals surface area contributed by atoms with Crippen molar-refractivity contribution in [1.29, 1.82) is 0 Å². The average Bonchev–Trinajstić information content (AvgIpc) is 2.14. The summed E-state index contributed by atoms with van der Waals surface area (Å²) in [4.78, 5) is 0. The first-order valence-corrected chi connectivity index (χ1v) is 4.99. The lowest BCUT2D eigenvalue weighted by molar-refractivity contribution is -0.00000145. The fraction of sp³-hybridized carbons (Fsp3) is 0.400. The fourth-order valence-electron chi connectivity index (χ4n) is 0.447. The van der Waals surface area contributed by atoms with Gasteiger partial charge in [-0.25, -0.2) is 0 Å². The van der Waals surface area contributed by atoms with E-state index in [0.717, 1.165) is 10.8 Å². The Kier molecular flexibility index (Phi) is 4.76. The van der Waals surface area contributed by atoms with E-state index in [1.54, 1.807) is 20.7 Å². The molecule has 1 heterocycles. The van der Waals surface area contributed by atoms with Crippen LogP contribution in [-0.2, 0) is 6.42 Å². The Morgan fingerprint density at radius 2 is 2.44 bits per heavy atom. The third kappa shape index (κ3) is 2.38. The molecule has 9 heavy (non-hydrogen) atoms. The largest absolute Gasteiger partial charge is 1.00 e. The molecular weight excluding hydrogens is 195 g/mol. The maximum atomic E-state index is 5.77. The zero-order valence-corrected chi connectivity index (χ0v) is 8.00. The molecule has 0 fully saturated rings. The summed E-state index contributed by atoms with van der Waals surface area (Å²) in [6, 6.07) is 0. The zero-order valence-electron chi connectivity index (χ0n) is 4.86. The highest BCUT2D eigenvalue weighted by atomic mass is 35.5. The van der Waals surface area contributed by atoms with Crippen molar-refractivity contribution in [3.05, 3.63) is 15.3 Å². The van der Waals surface area contributed by atoms with Gasteiger partial charge in [0, 0.05) is 5.56 Å². The Morgan fingerprint density at radius 3 is 2.67 bits per heavy atom. The van der Waals surface area contributed by atoms with E-state index < -0.39 is 0 Å². The van der Waals surface area contributed by atoms with Crippen LogP contribution in [0.3, 0.4) is 0 Å². The van der Waals surface area contributed by atoms with Crippen LogP contribution in [0.15, 0.2) is 5.38 Å². The van der Waals surface area contributed by atoms with Gasteiger partial charge in [0.1, 0.15) is 0 Å². The van der Waals surface area contributed by atoms with Gasteiger partial charge in [-0.3, -0.25) is 0 Å². The Balaban J connectivity index is 0.000000640. The van der Waals surface area contributed by atoms with Crippen molar-refractivity contribution in [2.24, 2.45) is 0 Å². The van der Waals surface area contributed by atoms with Crippen molar-refractivity contribution < 1.29 is 12.4 Å². The molecule has 0 saturated heterocycles. The average molecular weight is 201 g/mol. The molecule has 0 amide bonds. The van der Waals surface area contributed by atoms with Gasteiger partial charge >= 0.3 is 0 Å². The van der Waals surface area contributed by atoms with Crippen LogP contribution in [0.25, 0.3) is 0 Å². The minimum Gasteiger partial charge on any atom is -1.00 e. The summed E-state index contributed by atoms with van der Waals surface area (Å²) in [7, 11) is 3.34. The molecule has 1 aromatic heterocycles. The van der Waals surface area contributed by atoms with Crippen LogP contribution in [0.4, 0.5) is 0 Å². The van der Waals surface area contributed by atoms with Crippen LogP contribution in [-0.4, -0.2) is 0 Å². The minimum atomic E-state index is 0. The number of aryl methyl sites for hydroxylation is 1. The highest BCUT2D eigenvalue weighted by Gasteiger charge is 2.07. The third-order valence-electron chi connectivity index (χ3n) is 0.945. The van der Waals surface area contributed by atoms with Crippen molar-refractivity contribution >= 4 is 32.3 Å². The molecular formula is C5H6Cl2S2. The van der Waals surface area contributed by atoms with E-state index in [0.29, 0.717) is 0 Å². The molecule has 0 atom stereocenters. The molecule has 0 aromatic carbocycles. The molecule has 52 valence electrons. The van der Waals surface area contributed by atoms with Crippen molar-refractivity contribution in [3.63, 3.8) is 0 Å². The second-order valence-electron chi connectivity index (χ2n) is 1.45. The normalized spacial score (nSPS) is 8.67. The topological polar surface area (TPSA) is 0 Å². The summed E-state index contributed by atoms with van der Waals surface area (Å²) in [5, 5.41) is 2.10. The summed E-state index contributed by atoms with van der Waals surface area (Å²) in [6.07, 6.45) is 1.05. The predicted octanol–water partition coefficient (Wildman–Crippen LogP) is 0.311. The van der Waals surface area contributed by atoms with E-state index >= 15 is 0 Å². The van der Waals surface area contributed by atoms with Gasteiger partial charge in [0.25, 0.3) is 10.3 Å². The molecule has 4 heteroatoms. The molecule has 0 aliphatic rings. The van der Waals surface area contributed by atoms with E-state index in [9.17, 15) is 0 Å². The number of rotatable bonds is 1. The zero-order chi connectivity index (χ0) is 5.98. The van der Waals surface area contributed by atoms with Gasteiger partial charge < -0.3 is 12.4 Å². The van der Waals surface area contributed by atoms with Gasteiger partial charge in [0.2, 0.25) is 5.38 Å². The molecule has 0 bridgehead atoms. The Bertz CT molecular complexity index is 173. The molecule has 0 aliphatic heterocycles. The maximum Gasteiger partial charge on any atom is 0.293 e. The lowest BCUT2D eigenvalue weighted by Gasteiger charge is -1.79. The van der Waals surface area contributed by atoms with Crippen molar-refractivity contribution in [1.82, 2.24) is 0 Å². The summed E-state index contributed by atoms with van der Waals surface area (Å²) in [5.41, 5.74) is 1.28. The van der Waals surface area contributed by atoms with Gasteiger partial charge in [0.05, 0.1) is 0 Å². The quantitative estimate of drug-likeness (QED) is 0.453. The van der Waals surface area contributed by atoms with Gasteiger partial charge in [-0.2, -0.15) is 0 Å². The number of hydrogen-bond acceptors (Lipinski definition) is 1. The summed E-state index contributed by atoms with van der Waals surface area (Å²) in [5.74, 6) is 0. The van der Waals surface area contributed by atoms with E-state index in [4.69, 9.17) is 11.6 Å². The lowest BCUT2D eigenvalue weighted by atomic mass is 10.3. The Morgan fingerprint density at radius 1 is 1.78 bits per heavy atom. The standard InChI is InChI=1S/C5H6ClS2.ClH/c1-2-4-3-7-8-5(4)6;/h3H,2H2,1H3;1H/q+1;/p-1. The van der Waals surface area contributed by atoms with Crippen LogP contribution >= 0.6 is 32.3 Å². The van der Waals surface area contributed by atoms with Gasteiger partial charge in [-0.1, -0.05) is 18.5 Å². The second kappa shape index (κ2) is 4.45. The van der Waals surface area contributed by atoms with Crippen LogP contribution in [0.1, 0.15) is 12.5 Å². The highest BCUT2D eigenvalue weighted by Crippen LogP contribution is 2.27. The van der Waals surface area contributed by atoms with Crippen molar-refractivity contribution in [2.45, 2.75) is 13.3 Å². The third-order valence-corrected chi connectivity index (χ3v) is 3.66. The maximum absolute atomic E-state index is 5.77. The van der Waals surface area contributed by atoms with Crippen LogP contribution < -0.4 is 12.4 Å². The first kappa shape index (κ1) is 9.63. The minimum absolute atomic E-state index is 0. The monoisotopic (exact) mass is 200 g/mol. The smallest absolute Gasteiger partial charge is 0.293 e. The first-order chi connectivity index (χ1) is 3.84. The number of halogens is 2. The molecule has 0 saturated carbocycles. The summed E-state index contributed by atoms with van der Waals surface area (Å²) >= 11 is 5.77. The van der Waals surface area contributed by atoms with Crippen LogP contribution in [0.2, 0.25) is 4.34 Å². The van der Waals surface area contributed by atoms with Crippen LogP contribution in [0.5, 0.6) is 0 Å². The van der Waals surface area contributed by atoms with Gasteiger partial charge in [-0.05, 0) is 6.42 Å². The lowest BCUT2D eigenvalue weighted by Crippen LogP contribution is -3.00. The van der Waals surface area contributed by atoms with Crippen molar-refractivity contribution in [3.8, 4) is 0 Å². The molecule has 0 spiro atoms. The molecule has 1 aromatic rings. The van der Waals surface area contributed by atoms with E-state index in [2.05, 4.69) is 12.3 Å². The predicted molar refractivity (Wildman–Crippen MR) is 41.0 cm³/mol. The Labute approximate surface area is 73.3 Å². The van der Waals surface area contributed by atoms with Gasteiger partial charge in [0.15, 0.2) is 14.7 Å². The highest BCUT2D eigenvalue weighted by molar-refractivity contribution is 7.69. The summed E-state index contributed by atoms with van der Waals surface area (Å²) in [6.45, 7) is 2.11. The summed E-state index contributed by atoms with van der Waals surface area (Å²) < 4.78 is 0.956. The van der Waals surface area contributed by atoms with Crippen molar-refractivity contribution in [2.75, 3.05) is 0 Å². The second-order valence-corrected chi connectivity index (χ2v) is 4.13. The Hall–Kier alpha value is 0.630. The number of hydrogen-bond donors (Lipinski definition) is 0. The molecule has 0 aliphatic carbocycles.